The minimum Gasteiger partial charge on any atom is -0.494 e. The minimum absolute atomic E-state index is 0.750. The van der Waals surface area contributed by atoms with E-state index in [1.165, 1.54) is 6.42 Å². The van der Waals surface area contributed by atoms with Gasteiger partial charge in [-0.25, -0.2) is 0 Å². The van der Waals surface area contributed by atoms with Crippen LogP contribution in [-0.2, 0) is 0 Å². The van der Waals surface area contributed by atoms with E-state index in [1.807, 2.05) is 37.3 Å². The molecule has 0 atom stereocenters. The molecule has 0 saturated carbocycles. The Bertz CT molecular complexity index is 250. The van der Waals surface area contributed by atoms with Crippen LogP contribution in [-0.4, -0.2) is 38.7 Å². The Morgan fingerprint density at radius 1 is 1.12 bits per heavy atom. The second-order valence-electron chi connectivity index (χ2n) is 4.08. The molecule has 2 N–H and O–H groups in total. The molecule has 0 saturated heterocycles. The molecular formula is C14H26N2O. The molecule has 0 aliphatic carbocycles. The van der Waals surface area contributed by atoms with Crippen molar-refractivity contribution in [3.8, 4) is 5.75 Å². The minimum atomic E-state index is 0.750. The third-order valence-corrected chi connectivity index (χ3v) is 2.01. The van der Waals surface area contributed by atoms with Crippen molar-refractivity contribution in [2.75, 3.05) is 33.8 Å². The average Bonchev–Trinajstić information content (AvgIpc) is 2.30. The fourth-order valence-electron chi connectivity index (χ4n) is 1.24. The molecule has 3 heteroatoms. The Hall–Kier alpha value is -1.06. The van der Waals surface area contributed by atoms with Gasteiger partial charge in [-0.15, -0.1) is 0 Å². The molecule has 0 fully saturated rings. The van der Waals surface area contributed by atoms with E-state index in [2.05, 4.69) is 19.0 Å². The summed E-state index contributed by atoms with van der Waals surface area (Å²) in [7, 11) is 4.19. The normalized spacial score (nSPS) is 9.71. The van der Waals surface area contributed by atoms with Crippen LogP contribution in [0.15, 0.2) is 30.3 Å². The van der Waals surface area contributed by atoms with Gasteiger partial charge in [-0.2, -0.15) is 0 Å². The van der Waals surface area contributed by atoms with Gasteiger partial charge in [-0.1, -0.05) is 25.1 Å². The molecule has 98 valence electrons. The van der Waals surface area contributed by atoms with Crippen LogP contribution in [0.5, 0.6) is 5.75 Å². The van der Waals surface area contributed by atoms with Crippen molar-refractivity contribution in [1.29, 1.82) is 0 Å². The molecule has 1 aromatic rings. The summed E-state index contributed by atoms with van der Waals surface area (Å²) in [5, 5.41) is 0. The molecule has 0 unspecified atom stereocenters. The molecule has 17 heavy (non-hydrogen) atoms. The second kappa shape index (κ2) is 11.4. The Morgan fingerprint density at radius 2 is 1.71 bits per heavy atom. The maximum Gasteiger partial charge on any atom is 0.119 e. The summed E-state index contributed by atoms with van der Waals surface area (Å²) in [5.41, 5.74) is 4.85. The number of rotatable bonds is 6. The summed E-state index contributed by atoms with van der Waals surface area (Å²) < 4.78 is 5.57. The summed E-state index contributed by atoms with van der Waals surface area (Å²) >= 11 is 0. The Balaban J connectivity index is 0.000000770. The molecule has 0 aromatic heterocycles. The van der Waals surface area contributed by atoms with Gasteiger partial charge in [0.05, 0.1) is 6.61 Å². The highest BCUT2D eigenvalue weighted by Gasteiger charge is 1.93. The van der Waals surface area contributed by atoms with Gasteiger partial charge in [0.1, 0.15) is 5.75 Å². The maximum atomic E-state index is 5.57. The molecule has 3 nitrogen and oxygen atoms in total. The number of unbranched alkanes of at least 4 members (excludes halogenated alkanes) is 1. The van der Waals surface area contributed by atoms with Gasteiger partial charge in [-0.3, -0.25) is 0 Å². The summed E-state index contributed by atoms with van der Waals surface area (Å²) in [4.78, 5) is 2.20. The molecule has 0 amide bonds. The maximum absolute atomic E-state index is 5.57. The number of ether oxygens (including phenoxy) is 1. The Kier molecular flexibility index (Phi) is 10.7. The highest BCUT2D eigenvalue weighted by molar-refractivity contribution is 5.20. The topological polar surface area (TPSA) is 38.5 Å². The summed E-state index contributed by atoms with van der Waals surface area (Å²) in [6.45, 7) is 4.61. The van der Waals surface area contributed by atoms with Crippen molar-refractivity contribution >= 4 is 0 Å². The molecule has 0 bridgehead atoms. The van der Waals surface area contributed by atoms with E-state index in [4.69, 9.17) is 10.5 Å². The molecule has 0 radical (unpaired) electrons. The van der Waals surface area contributed by atoms with Crippen LogP contribution in [0.25, 0.3) is 0 Å². The first kappa shape index (κ1) is 15.9. The van der Waals surface area contributed by atoms with Gasteiger partial charge < -0.3 is 15.4 Å². The lowest BCUT2D eigenvalue weighted by Gasteiger charge is -2.09. The van der Waals surface area contributed by atoms with Crippen molar-refractivity contribution < 1.29 is 4.74 Å². The van der Waals surface area contributed by atoms with E-state index in [9.17, 15) is 0 Å². The highest BCUT2D eigenvalue weighted by Crippen LogP contribution is 2.08. The van der Waals surface area contributed by atoms with E-state index in [0.29, 0.717) is 0 Å². The molecule has 0 aliphatic heterocycles. The van der Waals surface area contributed by atoms with Gasteiger partial charge in [-0.05, 0) is 52.2 Å². The predicted molar refractivity (Wildman–Crippen MR) is 74.5 cm³/mol. The lowest BCUT2D eigenvalue weighted by Crippen LogP contribution is -2.13. The zero-order chi connectivity index (χ0) is 12.9. The predicted octanol–water partition coefficient (Wildman–Crippen LogP) is 2.37. The third-order valence-electron chi connectivity index (χ3n) is 2.01. The largest absolute Gasteiger partial charge is 0.494 e. The number of para-hydroxylation sites is 1. The van der Waals surface area contributed by atoms with Crippen molar-refractivity contribution in [3.63, 3.8) is 0 Å². The fraction of sp³-hybridized carbons (Fsp3) is 0.571. The van der Waals surface area contributed by atoms with Crippen molar-refractivity contribution in [2.24, 2.45) is 5.73 Å². The van der Waals surface area contributed by atoms with Gasteiger partial charge in [0.15, 0.2) is 0 Å². The van der Waals surface area contributed by atoms with Gasteiger partial charge in [0, 0.05) is 0 Å². The van der Waals surface area contributed by atoms with Crippen LogP contribution in [0.2, 0.25) is 0 Å². The lowest BCUT2D eigenvalue weighted by atomic mass is 10.3. The van der Waals surface area contributed by atoms with Gasteiger partial charge in [0.25, 0.3) is 0 Å². The van der Waals surface area contributed by atoms with E-state index in [1.54, 1.807) is 0 Å². The third kappa shape index (κ3) is 11.2. The number of benzene rings is 1. The quantitative estimate of drug-likeness (QED) is 0.773. The van der Waals surface area contributed by atoms with Crippen LogP contribution < -0.4 is 10.5 Å². The fourth-order valence-corrected chi connectivity index (χ4v) is 1.24. The van der Waals surface area contributed by atoms with Crippen LogP contribution in [0, 0.1) is 0 Å². The zero-order valence-corrected chi connectivity index (χ0v) is 11.4. The van der Waals surface area contributed by atoms with Gasteiger partial charge >= 0.3 is 0 Å². The van der Waals surface area contributed by atoms with Crippen LogP contribution in [0.4, 0.5) is 0 Å². The van der Waals surface area contributed by atoms with Crippen molar-refractivity contribution in [1.82, 2.24) is 4.90 Å². The molecule has 0 aliphatic rings. The van der Waals surface area contributed by atoms with Crippen LogP contribution in [0.3, 0.4) is 0 Å². The summed E-state index contributed by atoms with van der Waals surface area (Å²) in [6.07, 6.45) is 2.31. The molecule has 1 rings (SSSR count). The Morgan fingerprint density at radius 3 is 2.24 bits per heavy atom. The van der Waals surface area contributed by atoms with Crippen molar-refractivity contribution in [2.45, 2.75) is 19.8 Å². The average molecular weight is 238 g/mol. The van der Waals surface area contributed by atoms with E-state index < -0.39 is 0 Å². The number of nitrogens with two attached hydrogens (primary N) is 1. The van der Waals surface area contributed by atoms with Crippen LogP contribution in [0.1, 0.15) is 19.8 Å². The van der Waals surface area contributed by atoms with E-state index >= 15 is 0 Å². The smallest absolute Gasteiger partial charge is 0.119 e. The SMILES string of the molecule is CCN.CN(C)CCCCOc1ccccc1. The molecule has 1 aromatic carbocycles. The van der Waals surface area contributed by atoms with Gasteiger partial charge in [0.2, 0.25) is 0 Å². The monoisotopic (exact) mass is 238 g/mol. The van der Waals surface area contributed by atoms with Crippen LogP contribution >= 0.6 is 0 Å². The number of hydrogen-bond acceptors (Lipinski definition) is 3. The number of nitrogens with zero attached hydrogens (tertiary/aromatic N) is 1. The summed E-state index contributed by atoms with van der Waals surface area (Å²) in [5.74, 6) is 0.970. The molecular weight excluding hydrogens is 212 g/mol. The van der Waals surface area contributed by atoms with E-state index in [-0.39, 0.29) is 0 Å². The lowest BCUT2D eigenvalue weighted by molar-refractivity contribution is 0.293. The summed E-state index contributed by atoms with van der Waals surface area (Å²) in [6, 6.07) is 9.97. The molecule has 0 spiro atoms. The second-order valence-corrected chi connectivity index (χ2v) is 4.08. The van der Waals surface area contributed by atoms with E-state index in [0.717, 1.165) is 31.9 Å². The first-order valence-corrected chi connectivity index (χ1v) is 6.23. The Labute approximate surface area is 106 Å². The first-order chi connectivity index (χ1) is 8.20. The highest BCUT2D eigenvalue weighted by atomic mass is 16.5. The molecule has 0 heterocycles. The van der Waals surface area contributed by atoms with Crippen molar-refractivity contribution in [3.05, 3.63) is 30.3 Å². The number of hydrogen-bond donors (Lipinski definition) is 1. The first-order valence-electron chi connectivity index (χ1n) is 6.23. The standard InChI is InChI=1S/C12H19NO.C2H7N/c1-13(2)10-6-7-11-14-12-8-4-3-5-9-12;1-2-3/h3-5,8-9H,6-7,10-11H2,1-2H3;2-3H2,1H3. The zero-order valence-electron chi connectivity index (χ0n) is 11.4.